The van der Waals surface area contributed by atoms with Crippen molar-refractivity contribution in [3.05, 3.63) is 72.8 Å². The molecule has 0 spiro atoms. The van der Waals surface area contributed by atoms with Crippen LogP contribution >= 0.6 is 0 Å². The van der Waals surface area contributed by atoms with Crippen molar-refractivity contribution >= 4 is 5.91 Å². The van der Waals surface area contributed by atoms with Crippen molar-refractivity contribution in [2.24, 2.45) is 0 Å². The second kappa shape index (κ2) is 8.20. The average molecular weight is 351 g/mol. The van der Waals surface area contributed by atoms with Crippen molar-refractivity contribution in [1.29, 1.82) is 0 Å². The van der Waals surface area contributed by atoms with E-state index in [0.29, 0.717) is 18.0 Å². The molecule has 1 aromatic heterocycles. The van der Waals surface area contributed by atoms with E-state index in [1.807, 2.05) is 47.2 Å². The van der Waals surface area contributed by atoms with Gasteiger partial charge in [0.25, 0.3) is 5.91 Å². The lowest BCUT2D eigenvalue weighted by atomic mass is 10.1. The van der Waals surface area contributed by atoms with Gasteiger partial charge in [-0.1, -0.05) is 30.3 Å². The maximum absolute atomic E-state index is 12.4. The van der Waals surface area contributed by atoms with Crippen LogP contribution in [0.3, 0.4) is 0 Å². The molecular weight excluding hydrogens is 330 g/mol. The standard InChI is InChI=1S/C20H21N3O3/c1-15(26-19-10-6-5-9-18(19)25-2)20(24)22-13-16-7-3-4-8-17(16)23-12-11-21-14-23/h3-12,14-15H,13H2,1-2H3,(H,22,24). The number of ether oxygens (including phenoxy) is 2. The molecule has 1 unspecified atom stereocenters. The third-order valence-corrected chi connectivity index (χ3v) is 3.97. The van der Waals surface area contributed by atoms with Gasteiger partial charge in [-0.15, -0.1) is 0 Å². The van der Waals surface area contributed by atoms with Crippen LogP contribution < -0.4 is 14.8 Å². The summed E-state index contributed by atoms with van der Waals surface area (Å²) in [5.41, 5.74) is 1.96. The van der Waals surface area contributed by atoms with Crippen LogP contribution in [-0.2, 0) is 11.3 Å². The van der Waals surface area contributed by atoms with Crippen LogP contribution in [-0.4, -0.2) is 28.7 Å². The van der Waals surface area contributed by atoms with Gasteiger partial charge in [0.05, 0.1) is 19.1 Å². The molecule has 3 rings (SSSR count). The molecule has 1 N–H and O–H groups in total. The van der Waals surface area contributed by atoms with Gasteiger partial charge in [0.2, 0.25) is 0 Å². The van der Waals surface area contributed by atoms with Crippen molar-refractivity contribution in [3.8, 4) is 17.2 Å². The highest BCUT2D eigenvalue weighted by Crippen LogP contribution is 2.26. The number of hydrogen-bond donors (Lipinski definition) is 1. The minimum Gasteiger partial charge on any atom is -0.493 e. The summed E-state index contributed by atoms with van der Waals surface area (Å²) in [4.78, 5) is 16.5. The number of para-hydroxylation sites is 3. The molecule has 0 bridgehead atoms. The molecule has 26 heavy (non-hydrogen) atoms. The lowest BCUT2D eigenvalue weighted by Gasteiger charge is -2.17. The second-order valence-corrected chi connectivity index (χ2v) is 5.73. The number of methoxy groups -OCH3 is 1. The Morgan fingerprint density at radius 1 is 1.15 bits per heavy atom. The Bertz CT molecular complexity index is 862. The molecule has 3 aromatic rings. The fourth-order valence-electron chi connectivity index (χ4n) is 2.60. The van der Waals surface area contributed by atoms with Gasteiger partial charge in [-0.2, -0.15) is 0 Å². The molecule has 0 saturated heterocycles. The minimum atomic E-state index is -0.647. The highest BCUT2D eigenvalue weighted by molar-refractivity contribution is 5.80. The maximum atomic E-state index is 12.4. The zero-order chi connectivity index (χ0) is 18.4. The van der Waals surface area contributed by atoms with Crippen LogP contribution in [0.25, 0.3) is 5.69 Å². The molecule has 1 heterocycles. The fraction of sp³-hybridized carbons (Fsp3) is 0.200. The molecule has 0 aliphatic heterocycles. The van der Waals surface area contributed by atoms with Crippen LogP contribution in [0.1, 0.15) is 12.5 Å². The maximum Gasteiger partial charge on any atom is 0.261 e. The molecule has 0 saturated carbocycles. The predicted octanol–water partition coefficient (Wildman–Crippen LogP) is 2.96. The summed E-state index contributed by atoms with van der Waals surface area (Å²) in [6.45, 7) is 2.11. The van der Waals surface area contributed by atoms with E-state index in [1.54, 1.807) is 38.7 Å². The SMILES string of the molecule is COc1ccccc1OC(C)C(=O)NCc1ccccc1-n1ccnc1. The van der Waals surface area contributed by atoms with Crippen molar-refractivity contribution < 1.29 is 14.3 Å². The van der Waals surface area contributed by atoms with Crippen LogP contribution in [0.2, 0.25) is 0 Å². The van der Waals surface area contributed by atoms with Gasteiger partial charge in [-0.3, -0.25) is 4.79 Å². The number of carbonyl (C=O) groups excluding carboxylic acids is 1. The summed E-state index contributed by atoms with van der Waals surface area (Å²) in [6, 6.07) is 15.1. The number of nitrogens with one attached hydrogen (secondary N) is 1. The number of amides is 1. The Morgan fingerprint density at radius 2 is 1.88 bits per heavy atom. The average Bonchev–Trinajstić information content (AvgIpc) is 3.21. The first-order valence-corrected chi connectivity index (χ1v) is 8.32. The van der Waals surface area contributed by atoms with E-state index in [-0.39, 0.29) is 5.91 Å². The zero-order valence-electron chi connectivity index (χ0n) is 14.8. The summed E-state index contributed by atoms with van der Waals surface area (Å²) >= 11 is 0. The molecule has 2 aromatic carbocycles. The molecule has 0 aliphatic carbocycles. The molecule has 1 amide bonds. The number of carbonyl (C=O) groups is 1. The number of rotatable bonds is 7. The number of imidazole rings is 1. The Kier molecular flexibility index (Phi) is 5.53. The second-order valence-electron chi connectivity index (χ2n) is 5.73. The molecule has 134 valence electrons. The predicted molar refractivity (Wildman–Crippen MR) is 98.5 cm³/mol. The summed E-state index contributed by atoms with van der Waals surface area (Å²) < 4.78 is 12.9. The van der Waals surface area contributed by atoms with Gasteiger partial charge >= 0.3 is 0 Å². The van der Waals surface area contributed by atoms with E-state index in [4.69, 9.17) is 9.47 Å². The quantitative estimate of drug-likeness (QED) is 0.711. The Labute approximate surface area is 152 Å². The molecule has 6 nitrogen and oxygen atoms in total. The number of benzene rings is 2. The van der Waals surface area contributed by atoms with Gasteiger partial charge in [0.1, 0.15) is 0 Å². The first kappa shape index (κ1) is 17.5. The van der Waals surface area contributed by atoms with E-state index >= 15 is 0 Å². The largest absolute Gasteiger partial charge is 0.493 e. The summed E-state index contributed by atoms with van der Waals surface area (Å²) in [5.74, 6) is 0.936. The van der Waals surface area contributed by atoms with Crippen molar-refractivity contribution in [2.75, 3.05) is 7.11 Å². The monoisotopic (exact) mass is 351 g/mol. The number of aromatic nitrogens is 2. The van der Waals surface area contributed by atoms with Crippen molar-refractivity contribution in [2.45, 2.75) is 19.6 Å². The first-order valence-electron chi connectivity index (χ1n) is 8.32. The van der Waals surface area contributed by atoms with Gasteiger partial charge in [-0.05, 0) is 30.7 Å². The zero-order valence-corrected chi connectivity index (χ0v) is 14.8. The van der Waals surface area contributed by atoms with E-state index in [2.05, 4.69) is 10.3 Å². The van der Waals surface area contributed by atoms with E-state index in [9.17, 15) is 4.79 Å². The van der Waals surface area contributed by atoms with Crippen LogP contribution in [0, 0.1) is 0 Å². The first-order chi connectivity index (χ1) is 12.7. The van der Waals surface area contributed by atoms with Gasteiger partial charge in [-0.25, -0.2) is 4.98 Å². The van der Waals surface area contributed by atoms with E-state index < -0.39 is 6.10 Å². The molecular formula is C20H21N3O3. The molecule has 0 fully saturated rings. The van der Waals surface area contributed by atoms with Crippen molar-refractivity contribution in [3.63, 3.8) is 0 Å². The molecule has 0 aliphatic rings. The Morgan fingerprint density at radius 3 is 2.62 bits per heavy atom. The topological polar surface area (TPSA) is 65.4 Å². The minimum absolute atomic E-state index is 0.198. The Hall–Kier alpha value is -3.28. The normalized spacial score (nSPS) is 11.6. The summed E-state index contributed by atoms with van der Waals surface area (Å²) in [6.07, 6.45) is 4.67. The van der Waals surface area contributed by atoms with Gasteiger partial charge < -0.3 is 19.4 Å². The van der Waals surface area contributed by atoms with Crippen LogP contribution in [0.5, 0.6) is 11.5 Å². The summed E-state index contributed by atoms with van der Waals surface area (Å²) in [7, 11) is 1.57. The number of nitrogens with zero attached hydrogens (tertiary/aromatic N) is 2. The fourth-order valence-corrected chi connectivity index (χ4v) is 2.60. The van der Waals surface area contributed by atoms with E-state index in [1.165, 1.54) is 0 Å². The van der Waals surface area contributed by atoms with E-state index in [0.717, 1.165) is 11.3 Å². The smallest absolute Gasteiger partial charge is 0.261 e. The lowest BCUT2D eigenvalue weighted by Crippen LogP contribution is -2.36. The van der Waals surface area contributed by atoms with Crippen LogP contribution in [0.4, 0.5) is 0 Å². The highest BCUT2D eigenvalue weighted by Gasteiger charge is 2.17. The lowest BCUT2D eigenvalue weighted by molar-refractivity contribution is -0.127. The molecule has 6 heteroatoms. The van der Waals surface area contributed by atoms with Gasteiger partial charge in [0, 0.05) is 18.9 Å². The summed E-state index contributed by atoms with van der Waals surface area (Å²) in [5, 5.41) is 2.92. The number of hydrogen-bond acceptors (Lipinski definition) is 4. The highest BCUT2D eigenvalue weighted by atomic mass is 16.5. The third-order valence-electron chi connectivity index (χ3n) is 3.97. The molecule has 1 atom stereocenters. The molecule has 0 radical (unpaired) electrons. The Balaban J connectivity index is 1.64. The van der Waals surface area contributed by atoms with Crippen LogP contribution in [0.15, 0.2) is 67.3 Å². The van der Waals surface area contributed by atoms with Gasteiger partial charge in [0.15, 0.2) is 17.6 Å². The third kappa shape index (κ3) is 4.03. The van der Waals surface area contributed by atoms with Crippen molar-refractivity contribution in [1.82, 2.24) is 14.9 Å².